The van der Waals surface area contributed by atoms with Gasteiger partial charge in [0.2, 0.25) is 0 Å². The predicted octanol–water partition coefficient (Wildman–Crippen LogP) is 5.73. The smallest absolute Gasteiger partial charge is 0.0403 e. The summed E-state index contributed by atoms with van der Waals surface area (Å²) in [6, 6.07) is 25.4. The number of nitrogens with one attached hydrogen (secondary N) is 1. The highest BCUT2D eigenvalue weighted by Crippen LogP contribution is 2.30. The number of benzene rings is 3. The van der Waals surface area contributed by atoms with Crippen LogP contribution in [0.1, 0.15) is 22.3 Å². The molecule has 0 aliphatic heterocycles. The lowest BCUT2D eigenvalue weighted by molar-refractivity contribution is 0.882. The maximum absolute atomic E-state index is 4.31. The summed E-state index contributed by atoms with van der Waals surface area (Å²) in [6.45, 7) is 9.37. The Hall–Kier alpha value is -2.80. The Morgan fingerprint density at radius 2 is 1.46 bits per heavy atom. The second-order valence-electron chi connectivity index (χ2n) is 6.12. The van der Waals surface area contributed by atoms with E-state index in [1.54, 1.807) is 0 Å². The van der Waals surface area contributed by atoms with Gasteiger partial charge in [-0.15, -0.1) is 0 Å². The van der Waals surface area contributed by atoms with E-state index in [2.05, 4.69) is 92.5 Å². The molecule has 0 unspecified atom stereocenters. The molecule has 0 aromatic heterocycles. The number of rotatable bonds is 5. The summed E-state index contributed by atoms with van der Waals surface area (Å²) in [4.78, 5) is 0. The van der Waals surface area contributed by atoms with Crippen LogP contribution in [0.2, 0.25) is 0 Å². The van der Waals surface area contributed by atoms with Gasteiger partial charge in [0.25, 0.3) is 0 Å². The predicted molar refractivity (Wildman–Crippen MR) is 104 cm³/mol. The van der Waals surface area contributed by atoms with Crippen molar-refractivity contribution in [2.45, 2.75) is 20.4 Å². The normalized spacial score (nSPS) is 10.4. The van der Waals surface area contributed by atoms with Crippen molar-refractivity contribution in [1.82, 2.24) is 5.32 Å². The molecule has 3 aromatic rings. The number of hydrogen-bond donors (Lipinski definition) is 1. The van der Waals surface area contributed by atoms with Crippen LogP contribution in [0.3, 0.4) is 0 Å². The molecule has 1 heteroatoms. The Morgan fingerprint density at radius 3 is 2.21 bits per heavy atom. The van der Waals surface area contributed by atoms with Crippen molar-refractivity contribution < 1.29 is 0 Å². The minimum absolute atomic E-state index is 0.786. The van der Waals surface area contributed by atoms with Crippen molar-refractivity contribution in [3.63, 3.8) is 0 Å². The van der Waals surface area contributed by atoms with Crippen molar-refractivity contribution in [3.05, 3.63) is 102 Å². The Labute approximate surface area is 144 Å². The van der Waals surface area contributed by atoms with E-state index >= 15 is 0 Å². The van der Waals surface area contributed by atoms with Crippen molar-refractivity contribution in [2.24, 2.45) is 0 Å². The molecule has 0 bridgehead atoms. The van der Waals surface area contributed by atoms with Crippen LogP contribution in [-0.2, 0) is 6.54 Å². The minimum Gasteiger partial charge on any atom is -0.381 e. The Morgan fingerprint density at radius 1 is 0.792 bits per heavy atom. The van der Waals surface area contributed by atoms with Crippen LogP contribution in [-0.4, -0.2) is 0 Å². The van der Waals surface area contributed by atoms with Crippen LogP contribution in [0.15, 0.2) is 79.4 Å². The van der Waals surface area contributed by atoms with Crippen molar-refractivity contribution >= 4 is 5.70 Å². The van der Waals surface area contributed by atoms with Gasteiger partial charge in [-0.1, -0.05) is 79.4 Å². The summed E-state index contributed by atoms with van der Waals surface area (Å²) in [6.07, 6.45) is 0. The molecule has 0 atom stereocenters. The number of aryl methyl sites for hydroxylation is 2. The van der Waals surface area contributed by atoms with Gasteiger partial charge in [0, 0.05) is 17.8 Å². The molecule has 1 nitrogen and oxygen atoms in total. The molecule has 3 rings (SSSR count). The van der Waals surface area contributed by atoms with Crippen LogP contribution in [0.4, 0.5) is 0 Å². The van der Waals surface area contributed by atoms with E-state index in [0.717, 1.165) is 12.2 Å². The average Bonchev–Trinajstić information content (AvgIpc) is 2.61. The summed E-state index contributed by atoms with van der Waals surface area (Å²) in [5.74, 6) is 0. The van der Waals surface area contributed by atoms with Crippen molar-refractivity contribution in [2.75, 3.05) is 0 Å². The first-order valence-electron chi connectivity index (χ1n) is 8.29. The van der Waals surface area contributed by atoms with E-state index in [-0.39, 0.29) is 0 Å². The van der Waals surface area contributed by atoms with Crippen molar-refractivity contribution in [1.29, 1.82) is 0 Å². The van der Waals surface area contributed by atoms with Gasteiger partial charge in [-0.2, -0.15) is 0 Å². The van der Waals surface area contributed by atoms with E-state index in [1.807, 2.05) is 6.07 Å². The third-order valence-electron chi connectivity index (χ3n) is 4.41. The van der Waals surface area contributed by atoms with Gasteiger partial charge in [-0.25, -0.2) is 0 Å². The Balaban J connectivity index is 1.89. The molecule has 0 spiro atoms. The molecule has 0 radical (unpaired) electrons. The first kappa shape index (κ1) is 16.1. The fourth-order valence-corrected chi connectivity index (χ4v) is 3.03. The lowest BCUT2D eigenvalue weighted by atomic mass is 9.94. The average molecular weight is 313 g/mol. The third kappa shape index (κ3) is 3.41. The van der Waals surface area contributed by atoms with Gasteiger partial charge in [0.15, 0.2) is 0 Å². The zero-order chi connectivity index (χ0) is 16.9. The van der Waals surface area contributed by atoms with Gasteiger partial charge < -0.3 is 5.32 Å². The van der Waals surface area contributed by atoms with Crippen LogP contribution >= 0.6 is 0 Å². The number of hydrogen-bond acceptors (Lipinski definition) is 1. The largest absolute Gasteiger partial charge is 0.381 e. The highest BCUT2D eigenvalue weighted by molar-refractivity contribution is 5.81. The molecule has 24 heavy (non-hydrogen) atoms. The van der Waals surface area contributed by atoms with E-state index in [0.29, 0.717) is 0 Å². The van der Waals surface area contributed by atoms with Crippen molar-refractivity contribution in [3.8, 4) is 11.1 Å². The fraction of sp³-hybridized carbons (Fsp3) is 0.130. The first-order chi connectivity index (χ1) is 11.7. The molecule has 0 saturated carbocycles. The Bertz CT molecular complexity index is 847. The highest BCUT2D eigenvalue weighted by Gasteiger charge is 2.11. The van der Waals surface area contributed by atoms with E-state index < -0.39 is 0 Å². The molecule has 120 valence electrons. The molecule has 0 aliphatic carbocycles. The SMILES string of the molecule is C=C(NCc1ccccc1C)c1c(C)cccc1-c1ccccc1. The van der Waals surface area contributed by atoms with Gasteiger partial charge >= 0.3 is 0 Å². The molecule has 3 aromatic carbocycles. The molecule has 1 N–H and O–H groups in total. The standard InChI is InChI=1S/C23H23N/c1-17-10-7-8-14-21(17)16-24-19(3)23-18(2)11-9-15-22(23)20-12-5-4-6-13-20/h4-15,24H,3,16H2,1-2H3. The Kier molecular flexibility index (Phi) is 4.81. The topological polar surface area (TPSA) is 12.0 Å². The van der Waals surface area contributed by atoms with E-state index in [9.17, 15) is 0 Å². The van der Waals surface area contributed by atoms with Gasteiger partial charge in [0.05, 0.1) is 0 Å². The van der Waals surface area contributed by atoms with E-state index in [1.165, 1.54) is 33.4 Å². The lowest BCUT2D eigenvalue weighted by Crippen LogP contribution is -2.13. The summed E-state index contributed by atoms with van der Waals surface area (Å²) < 4.78 is 0. The van der Waals surface area contributed by atoms with Gasteiger partial charge in [-0.05, 0) is 41.7 Å². The van der Waals surface area contributed by atoms with Crippen LogP contribution in [0.5, 0.6) is 0 Å². The second kappa shape index (κ2) is 7.18. The van der Waals surface area contributed by atoms with Crippen LogP contribution < -0.4 is 5.32 Å². The summed E-state index contributed by atoms with van der Waals surface area (Å²) >= 11 is 0. The second-order valence-corrected chi connectivity index (χ2v) is 6.12. The summed E-state index contributed by atoms with van der Waals surface area (Å²) in [5, 5.41) is 3.51. The molecule has 0 fully saturated rings. The molecule has 0 heterocycles. The maximum Gasteiger partial charge on any atom is 0.0403 e. The zero-order valence-corrected chi connectivity index (χ0v) is 14.3. The van der Waals surface area contributed by atoms with Gasteiger partial charge in [-0.3, -0.25) is 0 Å². The van der Waals surface area contributed by atoms with Crippen LogP contribution in [0, 0.1) is 13.8 Å². The van der Waals surface area contributed by atoms with Gasteiger partial charge in [0.1, 0.15) is 0 Å². The fourth-order valence-electron chi connectivity index (χ4n) is 3.03. The minimum atomic E-state index is 0.786. The molecular weight excluding hydrogens is 290 g/mol. The maximum atomic E-state index is 4.31. The zero-order valence-electron chi connectivity index (χ0n) is 14.3. The quantitative estimate of drug-likeness (QED) is 0.634. The highest BCUT2D eigenvalue weighted by atomic mass is 14.9. The molecule has 0 aliphatic rings. The summed E-state index contributed by atoms with van der Waals surface area (Å²) in [5.41, 5.74) is 8.43. The lowest BCUT2D eigenvalue weighted by Gasteiger charge is -2.17. The molecule has 0 saturated heterocycles. The summed E-state index contributed by atoms with van der Waals surface area (Å²) in [7, 11) is 0. The molecular formula is C23H23N. The van der Waals surface area contributed by atoms with Crippen LogP contribution in [0.25, 0.3) is 16.8 Å². The first-order valence-corrected chi connectivity index (χ1v) is 8.29. The monoisotopic (exact) mass is 313 g/mol. The van der Waals surface area contributed by atoms with E-state index in [4.69, 9.17) is 0 Å². The third-order valence-corrected chi connectivity index (χ3v) is 4.41. The molecule has 0 amide bonds.